The molecule has 0 spiro atoms. The third kappa shape index (κ3) is 3.67. The van der Waals surface area contributed by atoms with Gasteiger partial charge in [-0.05, 0) is 24.3 Å². The molecule has 29 heavy (non-hydrogen) atoms. The van der Waals surface area contributed by atoms with Crippen molar-refractivity contribution in [3.8, 4) is 28.4 Å². The van der Waals surface area contributed by atoms with Gasteiger partial charge in [0.25, 0.3) is 0 Å². The average Bonchev–Trinajstić information content (AvgIpc) is 2.78. The number of methoxy groups -OCH3 is 2. The van der Waals surface area contributed by atoms with Gasteiger partial charge in [0.05, 0.1) is 25.2 Å². The van der Waals surface area contributed by atoms with Crippen LogP contribution in [0.1, 0.15) is 5.56 Å². The molecule has 1 heterocycles. The minimum atomic E-state index is -0.118. The molecule has 5 heteroatoms. The standard InChI is InChI=1S/C24H20O5/c1-26-21-9-5-3-7-16(21)14-28-17-11-12-19-23(13-17)29-15-20(24(19)25)18-8-4-6-10-22(18)27-2/h3-13,15H,14H2,1-2H3. The molecule has 4 rings (SSSR count). The van der Waals surface area contributed by atoms with Crippen LogP contribution >= 0.6 is 0 Å². The highest BCUT2D eigenvalue weighted by Gasteiger charge is 2.13. The second-order valence-corrected chi connectivity index (χ2v) is 6.44. The highest BCUT2D eigenvalue weighted by Crippen LogP contribution is 2.29. The van der Waals surface area contributed by atoms with Crippen LogP contribution in [0, 0.1) is 0 Å². The molecule has 0 aliphatic heterocycles. The van der Waals surface area contributed by atoms with Gasteiger partial charge in [-0.15, -0.1) is 0 Å². The summed E-state index contributed by atoms with van der Waals surface area (Å²) in [6, 6.07) is 20.2. The number of hydrogen-bond donors (Lipinski definition) is 0. The van der Waals surface area contributed by atoms with Crippen LogP contribution < -0.4 is 19.6 Å². The van der Waals surface area contributed by atoms with Crippen molar-refractivity contribution < 1.29 is 18.6 Å². The molecule has 0 amide bonds. The second-order valence-electron chi connectivity index (χ2n) is 6.44. The maximum absolute atomic E-state index is 13.0. The molecule has 4 aromatic rings. The van der Waals surface area contributed by atoms with Crippen molar-refractivity contribution in [2.75, 3.05) is 14.2 Å². The van der Waals surface area contributed by atoms with Crippen LogP contribution in [0.5, 0.6) is 17.2 Å². The van der Waals surface area contributed by atoms with Gasteiger partial charge in [0.15, 0.2) is 0 Å². The van der Waals surface area contributed by atoms with Crippen molar-refractivity contribution in [2.45, 2.75) is 6.61 Å². The molecule has 0 aliphatic carbocycles. The van der Waals surface area contributed by atoms with E-state index in [1.54, 1.807) is 32.4 Å². The Kier molecular flexibility index (Phi) is 5.20. The molecule has 3 aromatic carbocycles. The fourth-order valence-corrected chi connectivity index (χ4v) is 3.23. The predicted molar refractivity (Wildman–Crippen MR) is 112 cm³/mol. The summed E-state index contributed by atoms with van der Waals surface area (Å²) in [6.07, 6.45) is 1.46. The van der Waals surface area contributed by atoms with Gasteiger partial charge in [0.1, 0.15) is 35.7 Å². The van der Waals surface area contributed by atoms with Crippen LogP contribution in [0.25, 0.3) is 22.1 Å². The van der Waals surface area contributed by atoms with E-state index in [1.807, 2.05) is 48.5 Å². The van der Waals surface area contributed by atoms with Crippen molar-refractivity contribution >= 4 is 11.0 Å². The molecule has 0 saturated carbocycles. The van der Waals surface area contributed by atoms with Gasteiger partial charge in [0.2, 0.25) is 5.43 Å². The topological polar surface area (TPSA) is 57.9 Å². The fraction of sp³-hybridized carbons (Fsp3) is 0.125. The van der Waals surface area contributed by atoms with Crippen molar-refractivity contribution in [2.24, 2.45) is 0 Å². The largest absolute Gasteiger partial charge is 0.496 e. The zero-order valence-electron chi connectivity index (χ0n) is 16.2. The Balaban J connectivity index is 1.65. The summed E-state index contributed by atoms with van der Waals surface area (Å²) >= 11 is 0. The summed E-state index contributed by atoms with van der Waals surface area (Å²) < 4.78 is 22.3. The number of fused-ring (bicyclic) bond motifs is 1. The van der Waals surface area contributed by atoms with Crippen LogP contribution in [0.3, 0.4) is 0 Å². The molecule has 0 unspecified atom stereocenters. The second kappa shape index (κ2) is 8.10. The van der Waals surface area contributed by atoms with E-state index in [0.717, 1.165) is 11.3 Å². The quantitative estimate of drug-likeness (QED) is 0.462. The van der Waals surface area contributed by atoms with Crippen LogP contribution in [0.4, 0.5) is 0 Å². The van der Waals surface area contributed by atoms with E-state index in [0.29, 0.717) is 40.2 Å². The summed E-state index contributed by atoms with van der Waals surface area (Å²) in [5.41, 5.74) is 2.43. The highest BCUT2D eigenvalue weighted by molar-refractivity contribution is 5.83. The van der Waals surface area contributed by atoms with Gasteiger partial charge in [-0.1, -0.05) is 36.4 Å². The number of ether oxygens (including phenoxy) is 3. The third-order valence-corrected chi connectivity index (χ3v) is 4.73. The van der Waals surface area contributed by atoms with Crippen molar-refractivity contribution in [1.29, 1.82) is 0 Å². The van der Waals surface area contributed by atoms with Gasteiger partial charge in [-0.3, -0.25) is 4.79 Å². The van der Waals surface area contributed by atoms with Crippen LogP contribution in [0.15, 0.2) is 82.2 Å². The van der Waals surface area contributed by atoms with E-state index in [1.165, 1.54) is 6.26 Å². The molecule has 0 bridgehead atoms. The van der Waals surface area contributed by atoms with Gasteiger partial charge >= 0.3 is 0 Å². The first-order valence-electron chi connectivity index (χ1n) is 9.15. The lowest BCUT2D eigenvalue weighted by Gasteiger charge is -2.11. The Morgan fingerprint density at radius 2 is 1.55 bits per heavy atom. The summed E-state index contributed by atoms with van der Waals surface area (Å²) in [5, 5.41) is 0.484. The number of benzene rings is 3. The molecular formula is C24H20O5. The maximum atomic E-state index is 13.0. The summed E-state index contributed by atoms with van der Waals surface area (Å²) in [5.74, 6) is 1.99. The zero-order chi connectivity index (χ0) is 20.2. The Hall–Kier alpha value is -3.73. The van der Waals surface area contributed by atoms with Crippen molar-refractivity contribution in [3.05, 3.63) is 88.8 Å². The minimum Gasteiger partial charge on any atom is -0.496 e. The molecule has 0 radical (unpaired) electrons. The van der Waals surface area contributed by atoms with Gasteiger partial charge < -0.3 is 18.6 Å². The highest BCUT2D eigenvalue weighted by atomic mass is 16.5. The molecule has 0 saturated heterocycles. The van der Waals surface area contributed by atoms with E-state index < -0.39 is 0 Å². The molecular weight excluding hydrogens is 368 g/mol. The molecule has 0 atom stereocenters. The SMILES string of the molecule is COc1ccccc1COc1ccc2c(=O)c(-c3ccccc3OC)coc2c1. The summed E-state index contributed by atoms with van der Waals surface area (Å²) in [7, 11) is 3.20. The Bertz CT molecular complexity index is 1210. The first-order valence-corrected chi connectivity index (χ1v) is 9.15. The normalized spacial score (nSPS) is 10.7. The van der Waals surface area contributed by atoms with Crippen LogP contribution in [-0.2, 0) is 6.61 Å². The lowest BCUT2D eigenvalue weighted by Crippen LogP contribution is -2.06. The smallest absolute Gasteiger partial charge is 0.200 e. The predicted octanol–water partition coefficient (Wildman–Crippen LogP) is 5.06. The zero-order valence-corrected chi connectivity index (χ0v) is 16.2. The molecule has 1 aromatic heterocycles. The molecule has 146 valence electrons. The maximum Gasteiger partial charge on any atom is 0.200 e. The summed E-state index contributed by atoms with van der Waals surface area (Å²) in [4.78, 5) is 13.0. The molecule has 0 N–H and O–H groups in total. The summed E-state index contributed by atoms with van der Waals surface area (Å²) in [6.45, 7) is 0.346. The van der Waals surface area contributed by atoms with E-state index in [2.05, 4.69) is 0 Å². The Morgan fingerprint density at radius 3 is 2.34 bits per heavy atom. The van der Waals surface area contributed by atoms with E-state index in [-0.39, 0.29) is 5.43 Å². The molecule has 5 nitrogen and oxygen atoms in total. The van der Waals surface area contributed by atoms with Gasteiger partial charge in [-0.25, -0.2) is 0 Å². The number of rotatable bonds is 6. The van der Waals surface area contributed by atoms with E-state index in [9.17, 15) is 4.79 Å². The first-order chi connectivity index (χ1) is 14.2. The molecule has 0 aliphatic rings. The third-order valence-electron chi connectivity index (χ3n) is 4.73. The van der Waals surface area contributed by atoms with Crippen molar-refractivity contribution in [3.63, 3.8) is 0 Å². The van der Waals surface area contributed by atoms with Crippen molar-refractivity contribution in [1.82, 2.24) is 0 Å². The van der Waals surface area contributed by atoms with E-state index >= 15 is 0 Å². The average molecular weight is 388 g/mol. The van der Waals surface area contributed by atoms with Gasteiger partial charge in [0, 0.05) is 17.2 Å². The number of para-hydroxylation sites is 2. The Morgan fingerprint density at radius 1 is 0.828 bits per heavy atom. The minimum absolute atomic E-state index is 0.118. The monoisotopic (exact) mass is 388 g/mol. The lowest BCUT2D eigenvalue weighted by atomic mass is 10.0. The first kappa shape index (κ1) is 18.6. The van der Waals surface area contributed by atoms with E-state index in [4.69, 9.17) is 18.6 Å². The lowest BCUT2D eigenvalue weighted by molar-refractivity contribution is 0.296. The Labute approximate surface area is 168 Å². The van der Waals surface area contributed by atoms with Gasteiger partial charge in [-0.2, -0.15) is 0 Å². The fourth-order valence-electron chi connectivity index (χ4n) is 3.23. The van der Waals surface area contributed by atoms with Crippen LogP contribution in [0.2, 0.25) is 0 Å². The van der Waals surface area contributed by atoms with Crippen LogP contribution in [-0.4, -0.2) is 14.2 Å². The molecule has 0 fully saturated rings. The number of hydrogen-bond acceptors (Lipinski definition) is 5.